The van der Waals surface area contributed by atoms with Gasteiger partial charge in [0.1, 0.15) is 5.03 Å². The van der Waals surface area contributed by atoms with Gasteiger partial charge in [0.25, 0.3) is 0 Å². The Morgan fingerprint density at radius 3 is 2.58 bits per heavy atom. The van der Waals surface area contributed by atoms with Crippen LogP contribution in [-0.2, 0) is 0 Å². The Bertz CT molecular complexity index is 614. The fourth-order valence-electron chi connectivity index (χ4n) is 1.47. The second-order valence-electron chi connectivity index (χ2n) is 3.85. The van der Waals surface area contributed by atoms with Crippen molar-refractivity contribution in [2.45, 2.75) is 16.8 Å². The fraction of sp³-hybridized carbons (Fsp3) is 0.0769. The Hall–Kier alpha value is -1.53. The summed E-state index contributed by atoms with van der Waals surface area (Å²) >= 11 is 4.87. The number of rotatable bonds is 3. The molecule has 0 aliphatic rings. The van der Waals surface area contributed by atoms with Crippen LogP contribution in [0.2, 0.25) is 0 Å². The molecule has 0 atom stereocenters. The number of amidine groups is 1. The Balaban J connectivity index is 2.38. The van der Waals surface area contributed by atoms with Gasteiger partial charge in [-0.1, -0.05) is 32.8 Å². The van der Waals surface area contributed by atoms with Gasteiger partial charge in [-0.2, -0.15) is 0 Å². The van der Waals surface area contributed by atoms with Crippen molar-refractivity contribution in [2.24, 2.45) is 10.9 Å². The van der Waals surface area contributed by atoms with Crippen LogP contribution < -0.4 is 5.73 Å². The third kappa shape index (κ3) is 3.48. The van der Waals surface area contributed by atoms with Crippen molar-refractivity contribution in [1.82, 2.24) is 4.98 Å². The molecular formula is C13H12BrN3OS. The maximum Gasteiger partial charge on any atom is 0.172 e. The summed E-state index contributed by atoms with van der Waals surface area (Å²) in [5.74, 6) is 0.0621. The number of aromatic nitrogens is 1. The lowest BCUT2D eigenvalue weighted by Gasteiger charge is -2.08. The van der Waals surface area contributed by atoms with Crippen LogP contribution in [-0.4, -0.2) is 16.0 Å². The van der Waals surface area contributed by atoms with Gasteiger partial charge in [-0.05, 0) is 43.3 Å². The van der Waals surface area contributed by atoms with Crippen molar-refractivity contribution < 1.29 is 5.21 Å². The lowest BCUT2D eigenvalue weighted by molar-refractivity contribution is 0.318. The van der Waals surface area contributed by atoms with Gasteiger partial charge in [-0.25, -0.2) is 4.98 Å². The molecule has 2 aromatic rings. The second-order valence-corrected chi connectivity index (χ2v) is 5.82. The summed E-state index contributed by atoms with van der Waals surface area (Å²) in [6, 6.07) is 11.5. The lowest BCUT2D eigenvalue weighted by atomic mass is 10.2. The van der Waals surface area contributed by atoms with Crippen LogP contribution in [0.3, 0.4) is 0 Å². The van der Waals surface area contributed by atoms with Crippen LogP contribution in [0, 0.1) is 6.92 Å². The van der Waals surface area contributed by atoms with E-state index in [0.717, 1.165) is 20.1 Å². The molecule has 0 bridgehead atoms. The number of hydrogen-bond donors (Lipinski definition) is 2. The van der Waals surface area contributed by atoms with E-state index in [0.29, 0.717) is 5.56 Å². The van der Waals surface area contributed by atoms with Gasteiger partial charge in [-0.15, -0.1) is 0 Å². The summed E-state index contributed by atoms with van der Waals surface area (Å²) in [7, 11) is 0. The largest absolute Gasteiger partial charge is 0.409 e. The molecule has 0 saturated carbocycles. The Kier molecular flexibility index (Phi) is 4.44. The van der Waals surface area contributed by atoms with Gasteiger partial charge in [-0.3, -0.25) is 0 Å². The minimum Gasteiger partial charge on any atom is -0.409 e. The predicted molar refractivity (Wildman–Crippen MR) is 79.7 cm³/mol. The summed E-state index contributed by atoms with van der Waals surface area (Å²) in [6.07, 6.45) is 0. The third-order valence-electron chi connectivity index (χ3n) is 2.41. The van der Waals surface area contributed by atoms with Gasteiger partial charge >= 0.3 is 0 Å². The van der Waals surface area contributed by atoms with Crippen LogP contribution in [0.15, 0.2) is 55.9 Å². The van der Waals surface area contributed by atoms with Crippen LogP contribution in [0.1, 0.15) is 11.3 Å². The predicted octanol–water partition coefficient (Wildman–Crippen LogP) is 3.40. The molecule has 0 radical (unpaired) electrons. The SMILES string of the molecule is Cc1ccc(C(N)=NO)c(Sc2ccc(Br)cc2)n1. The van der Waals surface area contributed by atoms with Crippen molar-refractivity contribution >= 4 is 33.5 Å². The van der Waals surface area contributed by atoms with Crippen molar-refractivity contribution in [2.75, 3.05) is 0 Å². The molecule has 19 heavy (non-hydrogen) atoms. The average molecular weight is 338 g/mol. The van der Waals surface area contributed by atoms with Crippen molar-refractivity contribution in [3.05, 3.63) is 52.1 Å². The van der Waals surface area contributed by atoms with Gasteiger partial charge < -0.3 is 10.9 Å². The first-order valence-corrected chi connectivity index (χ1v) is 7.10. The molecule has 1 aromatic carbocycles. The van der Waals surface area contributed by atoms with Gasteiger partial charge in [0.2, 0.25) is 0 Å². The summed E-state index contributed by atoms with van der Waals surface area (Å²) < 4.78 is 1.02. The van der Waals surface area contributed by atoms with Crippen LogP contribution in [0.4, 0.5) is 0 Å². The highest BCUT2D eigenvalue weighted by molar-refractivity contribution is 9.10. The highest BCUT2D eigenvalue weighted by Gasteiger charge is 2.10. The van der Waals surface area contributed by atoms with E-state index in [4.69, 9.17) is 10.9 Å². The molecule has 0 spiro atoms. The maximum atomic E-state index is 8.80. The molecule has 0 amide bonds. The molecule has 0 fully saturated rings. The van der Waals surface area contributed by atoms with E-state index in [1.807, 2.05) is 37.3 Å². The maximum absolute atomic E-state index is 8.80. The van der Waals surface area contributed by atoms with E-state index in [9.17, 15) is 0 Å². The Morgan fingerprint density at radius 2 is 1.95 bits per heavy atom. The van der Waals surface area contributed by atoms with E-state index in [1.165, 1.54) is 11.8 Å². The molecule has 4 nitrogen and oxygen atoms in total. The topological polar surface area (TPSA) is 71.5 Å². The monoisotopic (exact) mass is 337 g/mol. The van der Waals surface area contributed by atoms with Crippen molar-refractivity contribution in [3.8, 4) is 0 Å². The average Bonchev–Trinajstić information content (AvgIpc) is 2.41. The van der Waals surface area contributed by atoms with Crippen molar-refractivity contribution in [3.63, 3.8) is 0 Å². The highest BCUT2D eigenvalue weighted by atomic mass is 79.9. The minimum atomic E-state index is 0.0621. The summed E-state index contributed by atoms with van der Waals surface area (Å²) in [5, 5.41) is 12.6. The molecular weight excluding hydrogens is 326 g/mol. The molecule has 0 aliphatic heterocycles. The van der Waals surface area contributed by atoms with Crippen LogP contribution in [0.5, 0.6) is 0 Å². The number of aryl methyl sites for hydroxylation is 1. The number of nitrogens with zero attached hydrogens (tertiary/aromatic N) is 2. The second kappa shape index (κ2) is 6.08. The van der Waals surface area contributed by atoms with Gasteiger partial charge in [0.05, 0.1) is 5.56 Å². The fourth-order valence-corrected chi connectivity index (χ4v) is 2.71. The van der Waals surface area contributed by atoms with Crippen LogP contribution in [0.25, 0.3) is 0 Å². The molecule has 1 heterocycles. The normalized spacial score (nSPS) is 11.6. The molecule has 0 aliphatic carbocycles. The molecule has 0 unspecified atom stereocenters. The number of pyridine rings is 1. The molecule has 6 heteroatoms. The summed E-state index contributed by atoms with van der Waals surface area (Å²) in [6.45, 7) is 1.90. The number of nitrogens with two attached hydrogens (primary N) is 1. The number of halogens is 1. The Labute approximate surface area is 123 Å². The lowest BCUT2D eigenvalue weighted by Crippen LogP contribution is -2.15. The van der Waals surface area contributed by atoms with E-state index in [-0.39, 0.29) is 5.84 Å². The number of benzene rings is 1. The summed E-state index contributed by atoms with van der Waals surface area (Å²) in [4.78, 5) is 5.47. The molecule has 1 aromatic heterocycles. The minimum absolute atomic E-state index is 0.0621. The van der Waals surface area contributed by atoms with E-state index >= 15 is 0 Å². The molecule has 98 valence electrons. The number of oxime groups is 1. The zero-order chi connectivity index (χ0) is 13.8. The van der Waals surface area contributed by atoms with Gasteiger partial charge in [0, 0.05) is 15.1 Å². The first kappa shape index (κ1) is 13.9. The third-order valence-corrected chi connectivity index (χ3v) is 3.95. The number of hydrogen-bond acceptors (Lipinski definition) is 4. The summed E-state index contributed by atoms with van der Waals surface area (Å²) in [5.41, 5.74) is 7.17. The van der Waals surface area contributed by atoms with Gasteiger partial charge in [0.15, 0.2) is 5.84 Å². The highest BCUT2D eigenvalue weighted by Crippen LogP contribution is 2.30. The zero-order valence-corrected chi connectivity index (χ0v) is 12.6. The van der Waals surface area contributed by atoms with E-state index in [2.05, 4.69) is 26.1 Å². The molecule has 0 saturated heterocycles. The van der Waals surface area contributed by atoms with Crippen LogP contribution >= 0.6 is 27.7 Å². The van der Waals surface area contributed by atoms with Crippen molar-refractivity contribution in [1.29, 1.82) is 0 Å². The van der Waals surface area contributed by atoms with E-state index in [1.54, 1.807) is 6.07 Å². The first-order chi connectivity index (χ1) is 9.10. The van der Waals surface area contributed by atoms with E-state index < -0.39 is 0 Å². The Morgan fingerprint density at radius 1 is 1.26 bits per heavy atom. The molecule has 2 rings (SSSR count). The zero-order valence-electron chi connectivity index (χ0n) is 10.2. The smallest absolute Gasteiger partial charge is 0.172 e. The quantitative estimate of drug-likeness (QED) is 0.389. The first-order valence-electron chi connectivity index (χ1n) is 5.49. The molecule has 3 N–H and O–H groups in total. The standard InChI is InChI=1S/C13H12BrN3OS/c1-8-2-7-11(12(15)17-18)13(16-8)19-10-5-3-9(14)4-6-10/h2-7,18H,1H3,(H2,15,17).